The quantitative estimate of drug-likeness (QED) is 0.406. The second-order valence-electron chi connectivity index (χ2n) is 7.85. The maximum absolute atomic E-state index is 13.9. The lowest BCUT2D eigenvalue weighted by molar-refractivity contribution is -0.121. The molecule has 1 aliphatic rings. The molecule has 1 atom stereocenters. The van der Waals surface area contributed by atoms with Crippen molar-refractivity contribution in [3.05, 3.63) is 138 Å². The van der Waals surface area contributed by atoms with Crippen LogP contribution in [0.4, 0.5) is 5.69 Å². The van der Waals surface area contributed by atoms with Crippen molar-refractivity contribution in [2.45, 2.75) is 19.0 Å². The maximum atomic E-state index is 13.9. The fraction of sp³-hybridized carbons (Fsp3) is 0.107. The van der Waals surface area contributed by atoms with Gasteiger partial charge in [-0.15, -0.1) is 0 Å². The maximum Gasteiger partial charge on any atom is 0.253 e. The third-order valence-electron chi connectivity index (χ3n) is 5.76. The van der Waals surface area contributed by atoms with Gasteiger partial charge in [0.1, 0.15) is 0 Å². The average molecular weight is 405 g/mol. The van der Waals surface area contributed by atoms with Gasteiger partial charge in [0.25, 0.3) is 5.91 Å². The lowest BCUT2D eigenvalue weighted by atomic mass is 9.93. The molecule has 4 aromatic carbocycles. The second-order valence-corrected chi connectivity index (χ2v) is 7.85. The molecule has 0 fully saturated rings. The molecular weight excluding hydrogens is 380 g/mol. The van der Waals surface area contributed by atoms with Gasteiger partial charge in [-0.3, -0.25) is 4.79 Å². The Labute approximate surface area is 183 Å². The first-order valence-corrected chi connectivity index (χ1v) is 10.6. The lowest BCUT2D eigenvalue weighted by Crippen LogP contribution is -2.44. The van der Waals surface area contributed by atoms with Gasteiger partial charge in [0.05, 0.1) is 11.6 Å². The van der Waals surface area contributed by atoms with E-state index >= 15 is 0 Å². The Bertz CT molecular complexity index is 1120. The third kappa shape index (κ3) is 3.88. The Morgan fingerprint density at radius 2 is 1.10 bits per heavy atom. The molecular formula is C28H24N2O. The lowest BCUT2D eigenvalue weighted by Gasteiger charge is -2.33. The van der Waals surface area contributed by atoms with E-state index in [9.17, 15) is 4.79 Å². The van der Waals surface area contributed by atoms with Crippen LogP contribution in [-0.4, -0.2) is 10.9 Å². The van der Waals surface area contributed by atoms with Gasteiger partial charge >= 0.3 is 0 Å². The fourth-order valence-electron chi connectivity index (χ4n) is 4.34. The van der Waals surface area contributed by atoms with Crippen LogP contribution < -0.4 is 5.01 Å². The highest BCUT2D eigenvalue weighted by Gasteiger charge is 2.41. The minimum absolute atomic E-state index is 0.0965. The smallest absolute Gasteiger partial charge is 0.253 e. The van der Waals surface area contributed by atoms with Crippen LogP contribution >= 0.6 is 0 Å². The molecule has 0 spiro atoms. The Hall–Kier alpha value is -3.69. The van der Waals surface area contributed by atoms with Gasteiger partial charge in [0, 0.05) is 13.1 Å². The van der Waals surface area contributed by atoms with Crippen LogP contribution in [-0.2, 0) is 17.9 Å². The van der Waals surface area contributed by atoms with Gasteiger partial charge < -0.3 is 0 Å². The van der Waals surface area contributed by atoms with Gasteiger partial charge in [-0.05, 0) is 28.3 Å². The molecule has 3 heteroatoms. The number of benzene rings is 4. The molecule has 1 aliphatic heterocycles. The minimum atomic E-state index is -0.286. The molecule has 1 heterocycles. The van der Waals surface area contributed by atoms with E-state index in [1.807, 2.05) is 83.9 Å². The summed E-state index contributed by atoms with van der Waals surface area (Å²) in [6.45, 7) is 1.30. The van der Waals surface area contributed by atoms with Crippen molar-refractivity contribution in [1.82, 2.24) is 5.01 Å². The first kappa shape index (κ1) is 19.3. The average Bonchev–Trinajstić information content (AvgIpc) is 3.12. The number of nitrogens with zero attached hydrogens (tertiary/aromatic N) is 2. The van der Waals surface area contributed by atoms with Crippen LogP contribution in [0, 0.1) is 0 Å². The zero-order valence-electron chi connectivity index (χ0n) is 17.3. The minimum Gasteiger partial charge on any atom is -0.272 e. The molecule has 0 N–H and O–H groups in total. The summed E-state index contributed by atoms with van der Waals surface area (Å²) in [6.07, 6.45) is 0. The van der Waals surface area contributed by atoms with Crippen LogP contribution in [0.1, 0.15) is 28.2 Å². The number of carbonyl (C=O) groups excluding carboxylic acids is 1. The van der Waals surface area contributed by atoms with Crippen molar-refractivity contribution in [3.8, 4) is 0 Å². The summed E-state index contributed by atoms with van der Waals surface area (Å²) in [4.78, 5) is 13.9. The van der Waals surface area contributed by atoms with Crippen molar-refractivity contribution in [2.24, 2.45) is 0 Å². The van der Waals surface area contributed by atoms with Crippen LogP contribution in [0.3, 0.4) is 0 Å². The molecule has 0 aromatic heterocycles. The molecule has 3 nitrogen and oxygen atoms in total. The molecule has 0 aliphatic carbocycles. The van der Waals surface area contributed by atoms with Crippen molar-refractivity contribution >= 4 is 11.6 Å². The number of para-hydroxylation sites is 1. The monoisotopic (exact) mass is 404 g/mol. The molecule has 31 heavy (non-hydrogen) atoms. The molecule has 1 amide bonds. The van der Waals surface area contributed by atoms with Crippen molar-refractivity contribution in [3.63, 3.8) is 0 Å². The van der Waals surface area contributed by atoms with Crippen LogP contribution in [0.25, 0.3) is 0 Å². The molecule has 5 rings (SSSR count). The van der Waals surface area contributed by atoms with E-state index in [0.29, 0.717) is 13.1 Å². The number of rotatable bonds is 6. The van der Waals surface area contributed by atoms with Gasteiger partial charge in [0.15, 0.2) is 0 Å². The zero-order chi connectivity index (χ0) is 21.0. The molecule has 0 saturated carbocycles. The van der Waals surface area contributed by atoms with E-state index in [1.165, 1.54) is 11.1 Å². The van der Waals surface area contributed by atoms with Gasteiger partial charge in [-0.1, -0.05) is 109 Å². The molecule has 0 saturated heterocycles. The van der Waals surface area contributed by atoms with Crippen molar-refractivity contribution in [1.29, 1.82) is 0 Å². The summed E-state index contributed by atoms with van der Waals surface area (Å²) in [5.74, 6) is -0.189. The van der Waals surface area contributed by atoms with Gasteiger partial charge in [-0.25, -0.2) is 10.0 Å². The number of anilines is 1. The normalized spacial score (nSPS) is 15.3. The predicted octanol–water partition coefficient (Wildman–Crippen LogP) is 5.78. The standard InChI is InChI=1S/C28H24N2O/c31-28-27(24-16-8-3-9-17-24)25-18-10-11-19-26(25)30(28)29(20-22-12-4-1-5-13-22)21-23-14-6-2-7-15-23/h1-19,27H,20-21H2/t27-/m0/s1. The topological polar surface area (TPSA) is 23.6 Å². The fourth-order valence-corrected chi connectivity index (χ4v) is 4.34. The Morgan fingerprint density at radius 1 is 0.613 bits per heavy atom. The molecule has 152 valence electrons. The third-order valence-corrected chi connectivity index (χ3v) is 5.76. The van der Waals surface area contributed by atoms with E-state index in [0.717, 1.165) is 16.8 Å². The SMILES string of the molecule is O=C1[C@@H](c2ccccc2)c2ccccc2N1N(Cc1ccccc1)Cc1ccccc1. The highest BCUT2D eigenvalue weighted by Crippen LogP contribution is 2.42. The summed E-state index contributed by atoms with van der Waals surface area (Å²) >= 11 is 0. The summed E-state index contributed by atoms with van der Waals surface area (Å²) in [5, 5.41) is 4.06. The van der Waals surface area contributed by atoms with Crippen LogP contribution in [0.5, 0.6) is 0 Å². The Balaban J connectivity index is 1.57. The zero-order valence-corrected chi connectivity index (χ0v) is 17.3. The first-order valence-electron chi connectivity index (χ1n) is 10.6. The van der Waals surface area contributed by atoms with Crippen molar-refractivity contribution in [2.75, 3.05) is 5.01 Å². The van der Waals surface area contributed by atoms with E-state index in [4.69, 9.17) is 0 Å². The highest BCUT2D eigenvalue weighted by atomic mass is 16.2. The summed E-state index contributed by atoms with van der Waals surface area (Å²) in [5.41, 5.74) is 5.40. The van der Waals surface area contributed by atoms with E-state index in [-0.39, 0.29) is 11.8 Å². The largest absolute Gasteiger partial charge is 0.272 e. The van der Waals surface area contributed by atoms with Gasteiger partial charge in [-0.2, -0.15) is 0 Å². The summed E-state index contributed by atoms with van der Waals surface area (Å²) in [6, 6.07) is 38.9. The molecule has 0 radical (unpaired) electrons. The van der Waals surface area contributed by atoms with Crippen molar-refractivity contribution < 1.29 is 4.79 Å². The van der Waals surface area contributed by atoms with E-state index in [2.05, 4.69) is 41.4 Å². The van der Waals surface area contributed by atoms with Crippen LogP contribution in [0.2, 0.25) is 0 Å². The Kier molecular flexibility index (Phi) is 5.34. The van der Waals surface area contributed by atoms with Crippen LogP contribution in [0.15, 0.2) is 115 Å². The Morgan fingerprint density at radius 3 is 1.68 bits per heavy atom. The first-order chi connectivity index (χ1) is 15.3. The number of fused-ring (bicyclic) bond motifs is 1. The van der Waals surface area contributed by atoms with Gasteiger partial charge in [0.2, 0.25) is 0 Å². The number of carbonyl (C=O) groups is 1. The number of hydrazine groups is 1. The molecule has 0 bridgehead atoms. The van der Waals surface area contributed by atoms with E-state index < -0.39 is 0 Å². The predicted molar refractivity (Wildman–Crippen MR) is 124 cm³/mol. The number of hydrogen-bond acceptors (Lipinski definition) is 2. The van der Waals surface area contributed by atoms with E-state index in [1.54, 1.807) is 0 Å². The summed E-state index contributed by atoms with van der Waals surface area (Å²) in [7, 11) is 0. The highest BCUT2D eigenvalue weighted by molar-refractivity contribution is 6.06. The number of hydrogen-bond donors (Lipinski definition) is 0. The molecule has 4 aromatic rings. The summed E-state index contributed by atoms with van der Waals surface area (Å²) < 4.78 is 0. The number of amides is 1. The molecule has 0 unspecified atom stereocenters. The second kappa shape index (κ2) is 8.58.